The molecule has 0 saturated carbocycles. The van der Waals surface area contributed by atoms with Crippen molar-refractivity contribution in [3.05, 3.63) is 46.5 Å². The lowest BCUT2D eigenvalue weighted by atomic mass is 10.3. The molecular formula is C13H14O3S. The highest BCUT2D eigenvalue weighted by molar-refractivity contribution is 7.90. The molecule has 1 rings (SSSR count). The average Bonchev–Trinajstić information content (AvgIpc) is 2.35. The molecule has 1 unspecified atom stereocenters. The highest BCUT2D eigenvalue weighted by Crippen LogP contribution is 2.15. The quantitative estimate of drug-likeness (QED) is 0.470. The third kappa shape index (κ3) is 3.70. The maximum absolute atomic E-state index is 12.2. The zero-order valence-corrected chi connectivity index (χ0v) is 10.8. The summed E-state index contributed by atoms with van der Waals surface area (Å²) in [5.74, 6) is -0.617. The van der Waals surface area contributed by atoms with Crippen molar-refractivity contribution < 1.29 is 13.7 Å². The minimum absolute atomic E-state index is 0.0405. The molecule has 1 aromatic rings. The number of carbonyl (C=O) groups excluding carboxylic acids is 1. The highest BCUT2D eigenvalue weighted by atomic mass is 32.2. The molecule has 0 radical (unpaired) electrons. The zero-order valence-electron chi connectivity index (χ0n) is 10.0. The molecule has 0 saturated heterocycles. The van der Waals surface area contributed by atoms with Crippen LogP contribution < -0.4 is 0 Å². The molecule has 0 spiro atoms. The van der Waals surface area contributed by atoms with Gasteiger partial charge in [0.15, 0.2) is 4.91 Å². The molecule has 90 valence electrons. The summed E-state index contributed by atoms with van der Waals surface area (Å²) >= 11 is 0. The van der Waals surface area contributed by atoms with E-state index in [9.17, 15) is 9.00 Å². The molecule has 0 bridgehead atoms. The first-order chi connectivity index (χ1) is 8.06. The molecule has 0 aromatic heterocycles. The van der Waals surface area contributed by atoms with E-state index in [1.165, 1.54) is 7.11 Å². The second-order valence-corrected chi connectivity index (χ2v) is 4.94. The Labute approximate surface area is 103 Å². The Balaban J connectivity index is 3.24. The lowest BCUT2D eigenvalue weighted by Crippen LogP contribution is -2.09. The number of benzene rings is 1. The van der Waals surface area contributed by atoms with Gasteiger partial charge in [-0.3, -0.25) is 0 Å². The third-order valence-electron chi connectivity index (χ3n) is 1.88. The van der Waals surface area contributed by atoms with Gasteiger partial charge in [-0.25, -0.2) is 9.00 Å². The van der Waals surface area contributed by atoms with Crippen LogP contribution in [0, 0.1) is 0 Å². The Morgan fingerprint density at radius 2 is 1.82 bits per heavy atom. The predicted octanol–water partition coefficient (Wildman–Crippen LogP) is 2.42. The van der Waals surface area contributed by atoms with Crippen LogP contribution in [0.15, 0.2) is 51.4 Å². The maximum Gasteiger partial charge on any atom is 0.355 e. The molecule has 3 nitrogen and oxygen atoms in total. The van der Waals surface area contributed by atoms with Gasteiger partial charge in [-0.2, -0.15) is 0 Å². The molecular weight excluding hydrogens is 236 g/mol. The van der Waals surface area contributed by atoms with Gasteiger partial charge in [0.25, 0.3) is 0 Å². The van der Waals surface area contributed by atoms with Gasteiger partial charge in [-0.05, 0) is 31.6 Å². The van der Waals surface area contributed by atoms with Gasteiger partial charge in [0, 0.05) is 4.90 Å². The summed E-state index contributed by atoms with van der Waals surface area (Å²) in [4.78, 5) is 12.1. The molecule has 1 atom stereocenters. The van der Waals surface area contributed by atoms with Gasteiger partial charge in [-0.1, -0.05) is 23.9 Å². The van der Waals surface area contributed by atoms with Crippen LogP contribution in [0.1, 0.15) is 13.8 Å². The molecule has 0 aliphatic carbocycles. The Morgan fingerprint density at radius 1 is 1.24 bits per heavy atom. The van der Waals surface area contributed by atoms with Crippen LogP contribution in [0.2, 0.25) is 0 Å². The molecule has 4 heteroatoms. The Morgan fingerprint density at radius 3 is 2.29 bits per heavy atom. The van der Waals surface area contributed by atoms with Gasteiger partial charge >= 0.3 is 5.97 Å². The minimum atomic E-state index is -1.56. The van der Waals surface area contributed by atoms with E-state index in [0.29, 0.717) is 4.90 Å². The molecule has 1 aromatic carbocycles. The van der Waals surface area contributed by atoms with Crippen LogP contribution >= 0.6 is 0 Å². The van der Waals surface area contributed by atoms with Crippen LogP contribution in [0.4, 0.5) is 0 Å². The van der Waals surface area contributed by atoms with Crippen LogP contribution in [0.25, 0.3) is 0 Å². The fraction of sp³-hybridized carbons (Fsp3) is 0.231. The van der Waals surface area contributed by atoms with Crippen molar-refractivity contribution >= 4 is 16.8 Å². The number of ether oxygens (including phenoxy) is 1. The zero-order chi connectivity index (χ0) is 12.8. The van der Waals surface area contributed by atoms with Crippen molar-refractivity contribution in [3.63, 3.8) is 0 Å². The first kappa shape index (κ1) is 13.4. The minimum Gasteiger partial charge on any atom is -0.465 e. The van der Waals surface area contributed by atoms with E-state index in [1.807, 2.05) is 6.07 Å². The molecule has 0 amide bonds. The summed E-state index contributed by atoms with van der Waals surface area (Å²) in [5.41, 5.74) is 3.56. The smallest absolute Gasteiger partial charge is 0.355 e. The number of esters is 1. The molecule has 0 heterocycles. The van der Waals surface area contributed by atoms with Crippen molar-refractivity contribution in [3.8, 4) is 0 Å². The lowest BCUT2D eigenvalue weighted by Gasteiger charge is -2.03. The summed E-state index contributed by atoms with van der Waals surface area (Å²) < 4.78 is 16.8. The van der Waals surface area contributed by atoms with Crippen molar-refractivity contribution in [2.24, 2.45) is 0 Å². The van der Waals surface area contributed by atoms with E-state index >= 15 is 0 Å². The van der Waals surface area contributed by atoms with E-state index < -0.39 is 16.8 Å². The van der Waals surface area contributed by atoms with Crippen molar-refractivity contribution in [1.29, 1.82) is 0 Å². The Bertz CT molecular complexity index is 493. The largest absolute Gasteiger partial charge is 0.465 e. The topological polar surface area (TPSA) is 43.4 Å². The number of hydrogen-bond acceptors (Lipinski definition) is 3. The van der Waals surface area contributed by atoms with E-state index in [0.717, 1.165) is 5.57 Å². The molecule has 0 fully saturated rings. The Kier molecular flexibility index (Phi) is 4.88. The summed E-state index contributed by atoms with van der Waals surface area (Å²) in [6, 6.07) is 8.76. The summed E-state index contributed by atoms with van der Waals surface area (Å²) in [5, 5.41) is 0. The normalized spacial score (nSPS) is 11.2. The van der Waals surface area contributed by atoms with Crippen LogP contribution in [-0.2, 0) is 20.3 Å². The van der Waals surface area contributed by atoms with Gasteiger partial charge < -0.3 is 4.74 Å². The molecule has 0 aliphatic rings. The van der Waals surface area contributed by atoms with Gasteiger partial charge in [0.2, 0.25) is 0 Å². The molecule has 17 heavy (non-hydrogen) atoms. The van der Waals surface area contributed by atoms with Crippen LogP contribution in [0.3, 0.4) is 0 Å². The van der Waals surface area contributed by atoms with Gasteiger partial charge in [-0.15, -0.1) is 0 Å². The fourth-order valence-corrected chi connectivity index (χ4v) is 2.33. The monoisotopic (exact) mass is 250 g/mol. The fourth-order valence-electron chi connectivity index (χ4n) is 1.15. The average molecular weight is 250 g/mol. The molecule has 0 N–H and O–H groups in total. The van der Waals surface area contributed by atoms with E-state index in [2.05, 4.69) is 10.5 Å². The first-order valence-corrected chi connectivity index (χ1v) is 6.20. The van der Waals surface area contributed by atoms with Crippen molar-refractivity contribution in [2.75, 3.05) is 7.11 Å². The van der Waals surface area contributed by atoms with Gasteiger partial charge in [0.1, 0.15) is 10.8 Å². The summed E-state index contributed by atoms with van der Waals surface area (Å²) in [6.07, 6.45) is 0. The SMILES string of the molecule is COC(=O)C(=C=C(C)C)S(=O)c1ccccc1. The number of methoxy groups -OCH3 is 1. The predicted molar refractivity (Wildman–Crippen MR) is 66.8 cm³/mol. The Hall–Kier alpha value is -1.64. The molecule has 0 aliphatic heterocycles. The van der Waals surface area contributed by atoms with Crippen LogP contribution in [0.5, 0.6) is 0 Å². The number of rotatable bonds is 3. The summed E-state index contributed by atoms with van der Waals surface area (Å²) in [7, 11) is -0.300. The lowest BCUT2D eigenvalue weighted by molar-refractivity contribution is -0.135. The van der Waals surface area contributed by atoms with E-state index in [-0.39, 0.29) is 4.91 Å². The first-order valence-electron chi connectivity index (χ1n) is 5.05. The van der Waals surface area contributed by atoms with Crippen molar-refractivity contribution in [1.82, 2.24) is 0 Å². The van der Waals surface area contributed by atoms with Gasteiger partial charge in [0.05, 0.1) is 7.11 Å². The van der Waals surface area contributed by atoms with Crippen LogP contribution in [-0.4, -0.2) is 17.3 Å². The second kappa shape index (κ2) is 6.18. The third-order valence-corrected chi connectivity index (χ3v) is 3.22. The van der Waals surface area contributed by atoms with E-state index in [4.69, 9.17) is 0 Å². The highest BCUT2D eigenvalue weighted by Gasteiger charge is 2.18. The summed E-state index contributed by atoms with van der Waals surface area (Å²) in [6.45, 7) is 3.57. The van der Waals surface area contributed by atoms with E-state index in [1.54, 1.807) is 38.1 Å². The number of carbonyl (C=O) groups is 1. The number of hydrogen-bond donors (Lipinski definition) is 0. The maximum atomic E-state index is 12.2. The van der Waals surface area contributed by atoms with Crippen molar-refractivity contribution in [2.45, 2.75) is 18.7 Å². The second-order valence-electron chi connectivity index (χ2n) is 3.53. The standard InChI is InChI=1S/C13H14O3S/c1-10(2)9-12(13(14)16-3)17(15)11-7-5-4-6-8-11/h4-8H,1-3H3.